The van der Waals surface area contributed by atoms with Crippen LogP contribution >= 0.6 is 0 Å². The van der Waals surface area contributed by atoms with Crippen molar-refractivity contribution in [2.45, 2.75) is 26.2 Å². The highest BCUT2D eigenvalue weighted by Crippen LogP contribution is 2.13. The molecule has 2 rings (SSSR count). The Hall–Kier alpha value is -1.06. The van der Waals surface area contributed by atoms with Crippen molar-refractivity contribution in [2.24, 2.45) is 0 Å². The van der Waals surface area contributed by atoms with E-state index in [0.717, 1.165) is 38.3 Å². The molecule has 1 aromatic carbocycles. The van der Waals surface area contributed by atoms with E-state index in [-0.39, 0.29) is 0 Å². The zero-order valence-electron chi connectivity index (χ0n) is 12.0. The number of piperazine rings is 1. The van der Waals surface area contributed by atoms with E-state index in [4.69, 9.17) is 4.74 Å². The molecule has 0 saturated carbocycles. The molecular weight excluding hydrogens is 236 g/mol. The van der Waals surface area contributed by atoms with Crippen LogP contribution in [0.1, 0.15) is 25.3 Å². The highest BCUT2D eigenvalue weighted by molar-refractivity contribution is 5.27. The quantitative estimate of drug-likeness (QED) is 0.816. The van der Waals surface area contributed by atoms with Gasteiger partial charge in [-0.25, -0.2) is 0 Å². The second-order valence-electron chi connectivity index (χ2n) is 5.19. The first-order valence-corrected chi connectivity index (χ1v) is 7.53. The van der Waals surface area contributed by atoms with Crippen molar-refractivity contribution >= 4 is 0 Å². The average Bonchev–Trinajstić information content (AvgIpc) is 2.47. The van der Waals surface area contributed by atoms with E-state index in [1.165, 1.54) is 31.6 Å². The van der Waals surface area contributed by atoms with Gasteiger partial charge in [-0.3, -0.25) is 0 Å². The molecule has 0 amide bonds. The zero-order chi connectivity index (χ0) is 13.3. The van der Waals surface area contributed by atoms with Crippen LogP contribution in [-0.4, -0.2) is 44.2 Å². The Morgan fingerprint density at radius 3 is 2.58 bits per heavy atom. The lowest BCUT2D eigenvalue weighted by atomic mass is 10.1. The molecule has 0 atom stereocenters. The Balaban J connectivity index is 1.67. The van der Waals surface area contributed by atoms with Crippen molar-refractivity contribution < 1.29 is 4.74 Å². The van der Waals surface area contributed by atoms with E-state index in [1.54, 1.807) is 0 Å². The Labute approximate surface area is 116 Å². The van der Waals surface area contributed by atoms with E-state index in [9.17, 15) is 0 Å². The number of aryl methyl sites for hydroxylation is 1. The van der Waals surface area contributed by atoms with Gasteiger partial charge in [-0.15, -0.1) is 0 Å². The number of nitrogens with zero attached hydrogens (tertiary/aromatic N) is 1. The molecule has 0 unspecified atom stereocenters. The summed E-state index contributed by atoms with van der Waals surface area (Å²) in [6.07, 6.45) is 3.47. The first-order chi connectivity index (χ1) is 9.38. The molecule has 1 aliphatic rings. The van der Waals surface area contributed by atoms with Crippen LogP contribution in [-0.2, 0) is 6.42 Å². The van der Waals surface area contributed by atoms with Crippen LogP contribution in [0.3, 0.4) is 0 Å². The van der Waals surface area contributed by atoms with Gasteiger partial charge in [0.25, 0.3) is 0 Å². The van der Waals surface area contributed by atoms with Crippen LogP contribution in [0, 0.1) is 0 Å². The fourth-order valence-corrected chi connectivity index (χ4v) is 2.41. The zero-order valence-corrected chi connectivity index (χ0v) is 12.0. The predicted octanol–water partition coefficient (Wildman–Crippen LogP) is 2.31. The van der Waals surface area contributed by atoms with Crippen molar-refractivity contribution in [3.05, 3.63) is 29.8 Å². The van der Waals surface area contributed by atoms with Crippen LogP contribution in [0.2, 0.25) is 0 Å². The number of nitrogens with one attached hydrogen (secondary N) is 1. The molecule has 1 heterocycles. The lowest BCUT2D eigenvalue weighted by Crippen LogP contribution is -2.43. The molecule has 1 aliphatic heterocycles. The molecule has 19 heavy (non-hydrogen) atoms. The minimum absolute atomic E-state index is 0.808. The summed E-state index contributed by atoms with van der Waals surface area (Å²) in [5, 5.41) is 3.39. The molecule has 3 heteroatoms. The Bertz CT molecular complexity index is 344. The van der Waals surface area contributed by atoms with Crippen molar-refractivity contribution in [3.8, 4) is 5.75 Å². The largest absolute Gasteiger partial charge is 0.494 e. The maximum absolute atomic E-state index is 5.59. The van der Waals surface area contributed by atoms with Crippen LogP contribution in [0.4, 0.5) is 0 Å². The molecule has 1 fully saturated rings. The lowest BCUT2D eigenvalue weighted by Gasteiger charge is -2.27. The van der Waals surface area contributed by atoms with Crippen LogP contribution in [0.5, 0.6) is 5.75 Å². The Morgan fingerprint density at radius 2 is 1.89 bits per heavy atom. The highest BCUT2D eigenvalue weighted by Gasteiger charge is 2.08. The maximum atomic E-state index is 5.59. The molecule has 0 radical (unpaired) electrons. The standard InChI is InChI=1S/C16H26N2O/c1-2-14-19-16-7-5-15(6-8-16)4-3-11-18-12-9-17-10-13-18/h5-8,17H,2-4,9-14H2,1H3. The first kappa shape index (κ1) is 14.4. The molecule has 0 bridgehead atoms. The number of rotatable bonds is 7. The first-order valence-electron chi connectivity index (χ1n) is 7.53. The van der Waals surface area contributed by atoms with E-state index >= 15 is 0 Å². The van der Waals surface area contributed by atoms with Gasteiger partial charge in [-0.1, -0.05) is 19.1 Å². The van der Waals surface area contributed by atoms with Gasteiger partial charge in [0.1, 0.15) is 5.75 Å². The summed E-state index contributed by atoms with van der Waals surface area (Å²) in [7, 11) is 0. The van der Waals surface area contributed by atoms with E-state index in [0.29, 0.717) is 0 Å². The molecule has 0 spiro atoms. The summed E-state index contributed by atoms with van der Waals surface area (Å²) >= 11 is 0. The van der Waals surface area contributed by atoms with Crippen molar-refractivity contribution in [1.29, 1.82) is 0 Å². The summed E-state index contributed by atoms with van der Waals surface area (Å²) in [5.74, 6) is 0.993. The molecule has 106 valence electrons. The third-order valence-corrected chi connectivity index (χ3v) is 3.55. The second kappa shape index (κ2) is 8.18. The summed E-state index contributed by atoms with van der Waals surface area (Å²) < 4.78 is 5.59. The van der Waals surface area contributed by atoms with Gasteiger partial charge < -0.3 is 15.0 Å². The van der Waals surface area contributed by atoms with E-state index < -0.39 is 0 Å². The lowest BCUT2D eigenvalue weighted by molar-refractivity contribution is 0.238. The monoisotopic (exact) mass is 262 g/mol. The Kier molecular flexibility index (Phi) is 6.18. The van der Waals surface area contributed by atoms with Gasteiger partial charge in [0.05, 0.1) is 6.61 Å². The second-order valence-corrected chi connectivity index (χ2v) is 5.19. The van der Waals surface area contributed by atoms with Crippen molar-refractivity contribution in [3.63, 3.8) is 0 Å². The Morgan fingerprint density at radius 1 is 1.16 bits per heavy atom. The van der Waals surface area contributed by atoms with Gasteiger partial charge in [-0.2, -0.15) is 0 Å². The predicted molar refractivity (Wildman–Crippen MR) is 79.9 cm³/mol. The normalized spacial score (nSPS) is 16.5. The molecule has 1 N–H and O–H groups in total. The molecule has 3 nitrogen and oxygen atoms in total. The third kappa shape index (κ3) is 5.21. The fraction of sp³-hybridized carbons (Fsp3) is 0.625. The SMILES string of the molecule is CCCOc1ccc(CCCN2CCNCC2)cc1. The molecular formula is C16H26N2O. The van der Waals surface area contributed by atoms with Crippen LogP contribution < -0.4 is 10.1 Å². The van der Waals surface area contributed by atoms with Gasteiger partial charge in [0, 0.05) is 26.2 Å². The topological polar surface area (TPSA) is 24.5 Å². The van der Waals surface area contributed by atoms with Gasteiger partial charge >= 0.3 is 0 Å². The summed E-state index contributed by atoms with van der Waals surface area (Å²) in [6.45, 7) is 8.84. The number of ether oxygens (including phenoxy) is 1. The van der Waals surface area contributed by atoms with E-state index in [1.807, 2.05) is 0 Å². The van der Waals surface area contributed by atoms with Crippen molar-refractivity contribution in [1.82, 2.24) is 10.2 Å². The molecule has 0 aliphatic carbocycles. The smallest absolute Gasteiger partial charge is 0.119 e. The average molecular weight is 262 g/mol. The molecule has 1 aromatic rings. The number of benzene rings is 1. The van der Waals surface area contributed by atoms with Crippen molar-refractivity contribution in [2.75, 3.05) is 39.3 Å². The number of hydrogen-bond donors (Lipinski definition) is 1. The minimum atomic E-state index is 0.808. The molecule has 1 saturated heterocycles. The highest BCUT2D eigenvalue weighted by atomic mass is 16.5. The van der Waals surface area contributed by atoms with Gasteiger partial charge in [-0.05, 0) is 43.5 Å². The van der Waals surface area contributed by atoms with E-state index in [2.05, 4.69) is 41.4 Å². The minimum Gasteiger partial charge on any atom is -0.494 e. The maximum Gasteiger partial charge on any atom is 0.119 e. The third-order valence-electron chi connectivity index (χ3n) is 3.55. The van der Waals surface area contributed by atoms with Gasteiger partial charge in [0.2, 0.25) is 0 Å². The summed E-state index contributed by atoms with van der Waals surface area (Å²) in [5.41, 5.74) is 1.42. The number of hydrogen-bond acceptors (Lipinski definition) is 3. The summed E-state index contributed by atoms with van der Waals surface area (Å²) in [4.78, 5) is 2.55. The van der Waals surface area contributed by atoms with Crippen LogP contribution in [0.25, 0.3) is 0 Å². The fourth-order valence-electron chi connectivity index (χ4n) is 2.41. The van der Waals surface area contributed by atoms with Gasteiger partial charge in [0.15, 0.2) is 0 Å². The molecule has 0 aromatic heterocycles. The van der Waals surface area contributed by atoms with Crippen LogP contribution in [0.15, 0.2) is 24.3 Å². The summed E-state index contributed by atoms with van der Waals surface area (Å²) in [6, 6.07) is 8.58.